The molecule has 0 radical (unpaired) electrons. The van der Waals surface area contributed by atoms with Gasteiger partial charge < -0.3 is 19.9 Å². The van der Waals surface area contributed by atoms with Crippen molar-refractivity contribution in [3.8, 4) is 5.75 Å². The third-order valence-electron chi connectivity index (χ3n) is 4.44. The molecule has 0 amide bonds. The topological polar surface area (TPSA) is 76.4 Å². The van der Waals surface area contributed by atoms with E-state index in [1.807, 2.05) is 18.5 Å². The van der Waals surface area contributed by atoms with Gasteiger partial charge in [-0.3, -0.25) is 4.99 Å². The van der Waals surface area contributed by atoms with Crippen LogP contribution in [0.25, 0.3) is 0 Å². The molecule has 0 saturated carbocycles. The van der Waals surface area contributed by atoms with Crippen molar-refractivity contribution in [3.63, 3.8) is 0 Å². The normalized spacial score (nSPS) is 11.7. The lowest BCUT2D eigenvalue weighted by atomic mass is 10.1. The quantitative estimate of drug-likeness (QED) is 0.550. The Hall–Kier alpha value is -2.57. The summed E-state index contributed by atoms with van der Waals surface area (Å²) in [7, 11) is 3.71. The van der Waals surface area contributed by atoms with E-state index < -0.39 is 0 Å². The lowest BCUT2D eigenvalue weighted by molar-refractivity contribution is 0.286. The van der Waals surface area contributed by atoms with Crippen molar-refractivity contribution in [3.05, 3.63) is 41.0 Å². The summed E-state index contributed by atoms with van der Waals surface area (Å²) in [6.45, 7) is 10.3. The van der Waals surface area contributed by atoms with Crippen LogP contribution in [0.5, 0.6) is 5.75 Å². The van der Waals surface area contributed by atoms with Crippen LogP contribution in [0.1, 0.15) is 43.0 Å². The van der Waals surface area contributed by atoms with Gasteiger partial charge >= 0.3 is 0 Å². The molecular weight excluding hydrogens is 340 g/mol. The van der Waals surface area contributed by atoms with Crippen molar-refractivity contribution in [2.75, 3.05) is 13.7 Å². The first-order valence-corrected chi connectivity index (χ1v) is 9.42. The Labute approximate surface area is 162 Å². The number of hydrogen-bond acceptors (Lipinski definition) is 4. The van der Waals surface area contributed by atoms with Crippen LogP contribution in [0.3, 0.4) is 0 Å². The molecule has 0 aliphatic rings. The van der Waals surface area contributed by atoms with E-state index in [1.165, 1.54) is 5.56 Å². The smallest absolute Gasteiger partial charge is 0.191 e. The summed E-state index contributed by atoms with van der Waals surface area (Å²) < 4.78 is 7.98. The van der Waals surface area contributed by atoms with Crippen LogP contribution in [-0.4, -0.2) is 34.4 Å². The van der Waals surface area contributed by atoms with Crippen molar-refractivity contribution in [2.24, 2.45) is 18.0 Å². The van der Waals surface area contributed by atoms with Crippen LogP contribution >= 0.6 is 0 Å². The summed E-state index contributed by atoms with van der Waals surface area (Å²) in [6.07, 6.45) is 1.04. The van der Waals surface area contributed by atoms with Crippen molar-refractivity contribution >= 4 is 5.96 Å². The van der Waals surface area contributed by atoms with Crippen LogP contribution in [0.15, 0.2) is 23.2 Å². The first-order valence-electron chi connectivity index (χ1n) is 9.42. The summed E-state index contributed by atoms with van der Waals surface area (Å²) in [5.41, 5.74) is 2.31. The van der Waals surface area contributed by atoms with E-state index >= 15 is 0 Å². The number of aliphatic imine (C=N–C) groups is 1. The number of aromatic nitrogens is 3. The van der Waals surface area contributed by atoms with E-state index in [-0.39, 0.29) is 0 Å². The van der Waals surface area contributed by atoms with Crippen LogP contribution < -0.4 is 15.4 Å². The van der Waals surface area contributed by atoms with Gasteiger partial charge in [-0.2, -0.15) is 0 Å². The van der Waals surface area contributed by atoms with E-state index in [4.69, 9.17) is 4.74 Å². The molecule has 0 saturated heterocycles. The highest BCUT2D eigenvalue weighted by atomic mass is 16.5. The molecule has 0 bridgehead atoms. The molecule has 0 unspecified atom stereocenters. The average molecular weight is 373 g/mol. The SMILES string of the molecule is CN=C(NCc1ccc(C)cc1OCCC(C)C)NCc1nnc(C)n1C. The monoisotopic (exact) mass is 372 g/mol. The maximum atomic E-state index is 6.02. The van der Waals surface area contributed by atoms with Crippen molar-refractivity contribution < 1.29 is 4.74 Å². The number of nitrogens with zero attached hydrogens (tertiary/aromatic N) is 4. The number of benzene rings is 1. The van der Waals surface area contributed by atoms with Gasteiger partial charge in [0.05, 0.1) is 13.2 Å². The van der Waals surface area contributed by atoms with E-state index in [2.05, 4.69) is 64.8 Å². The molecule has 2 N–H and O–H groups in total. The molecule has 7 heteroatoms. The van der Waals surface area contributed by atoms with Crippen LogP contribution in [0.2, 0.25) is 0 Å². The Bertz CT molecular complexity index is 766. The molecular formula is C20H32N6O. The zero-order valence-electron chi connectivity index (χ0n) is 17.3. The number of ether oxygens (including phenoxy) is 1. The highest BCUT2D eigenvalue weighted by Gasteiger charge is 2.08. The summed E-state index contributed by atoms with van der Waals surface area (Å²) in [5, 5.41) is 14.8. The first-order chi connectivity index (χ1) is 12.9. The number of hydrogen-bond donors (Lipinski definition) is 2. The molecule has 0 fully saturated rings. The van der Waals surface area contributed by atoms with Gasteiger partial charge in [0.15, 0.2) is 11.8 Å². The van der Waals surface area contributed by atoms with E-state index in [0.717, 1.165) is 36.0 Å². The molecule has 1 aromatic carbocycles. The average Bonchev–Trinajstić information content (AvgIpc) is 2.95. The second-order valence-electron chi connectivity index (χ2n) is 7.14. The van der Waals surface area contributed by atoms with Crippen molar-refractivity contribution in [1.82, 2.24) is 25.4 Å². The lowest BCUT2D eigenvalue weighted by Crippen LogP contribution is -2.37. The van der Waals surface area contributed by atoms with Crippen LogP contribution in [0.4, 0.5) is 0 Å². The third-order valence-corrected chi connectivity index (χ3v) is 4.44. The Kier molecular flexibility index (Phi) is 7.64. The van der Waals surface area contributed by atoms with Gasteiger partial charge in [0, 0.05) is 26.2 Å². The van der Waals surface area contributed by atoms with E-state index in [0.29, 0.717) is 25.0 Å². The van der Waals surface area contributed by atoms with Crippen molar-refractivity contribution in [2.45, 2.75) is 47.2 Å². The predicted molar refractivity (Wildman–Crippen MR) is 109 cm³/mol. The number of nitrogens with one attached hydrogen (secondary N) is 2. The molecule has 2 aromatic rings. The summed E-state index contributed by atoms with van der Waals surface area (Å²) in [5.74, 6) is 4.02. The fraction of sp³-hybridized carbons (Fsp3) is 0.550. The Balaban J connectivity index is 1.94. The molecule has 0 atom stereocenters. The van der Waals surface area contributed by atoms with Gasteiger partial charge in [0.1, 0.15) is 11.6 Å². The maximum Gasteiger partial charge on any atom is 0.191 e. The second-order valence-corrected chi connectivity index (χ2v) is 7.14. The zero-order valence-corrected chi connectivity index (χ0v) is 17.3. The molecule has 0 aliphatic heterocycles. The predicted octanol–water partition coefficient (Wildman–Crippen LogP) is 2.72. The van der Waals surface area contributed by atoms with Gasteiger partial charge in [-0.15, -0.1) is 10.2 Å². The fourth-order valence-corrected chi connectivity index (χ4v) is 2.51. The summed E-state index contributed by atoms with van der Waals surface area (Å²) in [6, 6.07) is 6.30. The number of guanidine groups is 1. The van der Waals surface area contributed by atoms with Gasteiger partial charge in [0.25, 0.3) is 0 Å². The first kappa shape index (κ1) is 20.7. The molecule has 0 spiro atoms. The minimum absolute atomic E-state index is 0.558. The van der Waals surface area contributed by atoms with Crippen molar-refractivity contribution in [1.29, 1.82) is 0 Å². The highest BCUT2D eigenvalue weighted by Crippen LogP contribution is 2.21. The highest BCUT2D eigenvalue weighted by molar-refractivity contribution is 5.79. The number of rotatable bonds is 8. The summed E-state index contributed by atoms with van der Waals surface area (Å²) in [4.78, 5) is 4.28. The Morgan fingerprint density at radius 2 is 1.93 bits per heavy atom. The van der Waals surface area contributed by atoms with Crippen LogP contribution in [0, 0.1) is 19.8 Å². The summed E-state index contributed by atoms with van der Waals surface area (Å²) >= 11 is 0. The van der Waals surface area contributed by atoms with Gasteiger partial charge in [0.2, 0.25) is 0 Å². The second kappa shape index (κ2) is 9.94. The third kappa shape index (κ3) is 6.27. The minimum atomic E-state index is 0.558. The van der Waals surface area contributed by atoms with Gasteiger partial charge in [-0.25, -0.2) is 0 Å². The standard InChI is InChI=1S/C20H32N6O/c1-14(2)9-10-27-18-11-15(3)7-8-17(18)12-22-20(21-5)23-13-19-25-24-16(4)26(19)6/h7-8,11,14H,9-10,12-13H2,1-6H3,(H2,21,22,23). The molecule has 2 rings (SSSR count). The fourth-order valence-electron chi connectivity index (χ4n) is 2.51. The maximum absolute atomic E-state index is 6.02. The lowest BCUT2D eigenvalue weighted by Gasteiger charge is -2.16. The zero-order chi connectivity index (χ0) is 19.8. The van der Waals surface area contributed by atoms with E-state index in [1.54, 1.807) is 7.05 Å². The Morgan fingerprint density at radius 3 is 2.56 bits per heavy atom. The number of aryl methyl sites for hydroxylation is 2. The molecule has 0 aliphatic carbocycles. The van der Waals surface area contributed by atoms with Crippen LogP contribution in [-0.2, 0) is 20.1 Å². The molecule has 7 nitrogen and oxygen atoms in total. The largest absolute Gasteiger partial charge is 0.493 e. The molecule has 148 valence electrons. The molecule has 1 heterocycles. The minimum Gasteiger partial charge on any atom is -0.493 e. The van der Waals surface area contributed by atoms with E-state index in [9.17, 15) is 0 Å². The molecule has 27 heavy (non-hydrogen) atoms. The van der Waals surface area contributed by atoms with Gasteiger partial charge in [-0.05, 0) is 37.8 Å². The molecule has 1 aromatic heterocycles. The van der Waals surface area contributed by atoms with Gasteiger partial charge in [-0.1, -0.05) is 26.0 Å². The Morgan fingerprint density at radius 1 is 1.19 bits per heavy atom.